The van der Waals surface area contributed by atoms with Gasteiger partial charge >= 0.3 is 12.2 Å². The summed E-state index contributed by atoms with van der Waals surface area (Å²) in [6, 6.07) is 11.7. The van der Waals surface area contributed by atoms with Gasteiger partial charge in [-0.2, -0.15) is 13.2 Å². The summed E-state index contributed by atoms with van der Waals surface area (Å²) in [6.45, 7) is 0.548. The lowest BCUT2D eigenvalue weighted by atomic mass is 10.1. The van der Waals surface area contributed by atoms with Crippen LogP contribution in [0.25, 0.3) is 11.3 Å². The Morgan fingerprint density at radius 1 is 1.03 bits per heavy atom. The fourth-order valence-corrected chi connectivity index (χ4v) is 4.49. The van der Waals surface area contributed by atoms with E-state index in [1.807, 2.05) is 34.9 Å². The lowest BCUT2D eigenvalue weighted by molar-refractivity contribution is -0.137. The van der Waals surface area contributed by atoms with E-state index in [-0.39, 0.29) is 29.4 Å². The fourth-order valence-electron chi connectivity index (χ4n) is 3.85. The molecule has 3 amide bonds. The van der Waals surface area contributed by atoms with Gasteiger partial charge < -0.3 is 20.5 Å². The minimum absolute atomic E-state index is 0.00359. The maximum absolute atomic E-state index is 13.1. The molecule has 4 rings (SSSR count). The highest BCUT2D eigenvalue weighted by Crippen LogP contribution is 2.38. The number of nitrogens with two attached hydrogens (primary N) is 1. The van der Waals surface area contributed by atoms with Gasteiger partial charge in [-0.3, -0.25) is 4.79 Å². The van der Waals surface area contributed by atoms with Crippen LogP contribution in [0.2, 0.25) is 10.0 Å². The minimum Gasteiger partial charge on any atom is -0.365 e. The Hall–Kier alpha value is -3.17. The summed E-state index contributed by atoms with van der Waals surface area (Å²) in [5, 5.41) is 2.18. The second-order valence-corrected chi connectivity index (χ2v) is 8.20. The Morgan fingerprint density at radius 3 is 2.36 bits per heavy atom. The molecule has 0 fully saturated rings. The molecule has 0 unspecified atom stereocenters. The monoisotopic (exact) mass is 496 g/mol. The Labute approximate surface area is 196 Å². The van der Waals surface area contributed by atoms with E-state index in [0.29, 0.717) is 17.9 Å². The Bertz CT molecular complexity index is 1240. The van der Waals surface area contributed by atoms with Gasteiger partial charge in [0.2, 0.25) is 0 Å². The molecule has 6 nitrogen and oxygen atoms in total. The van der Waals surface area contributed by atoms with Gasteiger partial charge in [0.1, 0.15) is 0 Å². The van der Waals surface area contributed by atoms with E-state index in [2.05, 4.69) is 5.32 Å². The molecule has 0 saturated carbocycles. The molecule has 0 radical (unpaired) electrons. The van der Waals surface area contributed by atoms with Crippen LogP contribution in [0, 0.1) is 0 Å². The zero-order valence-electron chi connectivity index (χ0n) is 16.9. The molecule has 0 saturated heterocycles. The van der Waals surface area contributed by atoms with Gasteiger partial charge in [-0.05, 0) is 23.8 Å². The zero-order valence-corrected chi connectivity index (χ0v) is 18.4. The quantitative estimate of drug-likeness (QED) is 0.492. The van der Waals surface area contributed by atoms with Gasteiger partial charge in [0.25, 0.3) is 5.91 Å². The van der Waals surface area contributed by atoms with Crippen molar-refractivity contribution in [2.45, 2.75) is 19.3 Å². The number of hydrogen-bond donors (Lipinski definition) is 2. The van der Waals surface area contributed by atoms with Crippen molar-refractivity contribution in [1.82, 2.24) is 9.47 Å². The third kappa shape index (κ3) is 4.38. The first-order valence-corrected chi connectivity index (χ1v) is 10.5. The molecule has 0 bridgehead atoms. The molecular formula is C22H17Cl2F3N4O2. The van der Waals surface area contributed by atoms with Crippen molar-refractivity contribution in [3.8, 4) is 11.3 Å². The van der Waals surface area contributed by atoms with Crippen LogP contribution < -0.4 is 11.1 Å². The molecule has 1 aliphatic rings. The Morgan fingerprint density at radius 2 is 1.73 bits per heavy atom. The van der Waals surface area contributed by atoms with Gasteiger partial charge in [0.05, 0.1) is 39.1 Å². The standard InChI is InChI=1S/C22H17Cl2F3N4O2/c23-15-7-6-13(10-14(15)22(25,26)27)29-21(33)30-8-9-31-16(11-30)17(20(28)32)18(24)19(31)12-4-2-1-3-5-12/h1-7,10H,8-9,11H2,(H2,28,32)(H,29,33). The number of primary amides is 1. The first-order valence-electron chi connectivity index (χ1n) is 9.76. The largest absolute Gasteiger partial charge is 0.417 e. The molecule has 3 aromatic rings. The Kier molecular flexibility index (Phi) is 6.02. The van der Waals surface area contributed by atoms with Gasteiger partial charge in [-0.1, -0.05) is 53.5 Å². The molecule has 2 aromatic carbocycles. The highest BCUT2D eigenvalue weighted by Gasteiger charge is 2.34. The molecule has 172 valence electrons. The number of halogens is 5. The van der Waals surface area contributed by atoms with Crippen LogP contribution in [0.1, 0.15) is 21.6 Å². The summed E-state index contributed by atoms with van der Waals surface area (Å²) in [7, 11) is 0. The number of nitrogens with one attached hydrogen (secondary N) is 1. The summed E-state index contributed by atoms with van der Waals surface area (Å²) >= 11 is 12.2. The molecule has 33 heavy (non-hydrogen) atoms. The van der Waals surface area contributed by atoms with E-state index in [9.17, 15) is 22.8 Å². The third-order valence-corrected chi connectivity index (χ3v) is 6.05. The number of carbonyl (C=O) groups is 2. The Balaban J connectivity index is 1.63. The van der Waals surface area contributed by atoms with Gasteiger partial charge in [-0.15, -0.1) is 0 Å². The van der Waals surface area contributed by atoms with Gasteiger partial charge in [0, 0.05) is 18.8 Å². The number of alkyl halides is 3. The summed E-state index contributed by atoms with van der Waals surface area (Å²) in [5.41, 5.74) is 6.44. The van der Waals surface area contributed by atoms with Crippen molar-refractivity contribution >= 4 is 40.8 Å². The molecule has 11 heteroatoms. The maximum atomic E-state index is 13.1. The summed E-state index contributed by atoms with van der Waals surface area (Å²) in [5.74, 6) is -0.735. The first kappa shape index (κ1) is 23.0. The number of aromatic nitrogens is 1. The zero-order chi connectivity index (χ0) is 23.9. The number of urea groups is 1. The summed E-state index contributed by atoms with van der Waals surface area (Å²) in [6.07, 6.45) is -4.66. The number of rotatable bonds is 3. The van der Waals surface area contributed by atoms with E-state index in [0.717, 1.165) is 17.7 Å². The molecule has 2 heterocycles. The number of amides is 3. The van der Waals surface area contributed by atoms with Crippen molar-refractivity contribution in [2.75, 3.05) is 11.9 Å². The SMILES string of the molecule is NC(=O)c1c(Cl)c(-c2ccccc2)n2c1CN(C(=O)Nc1ccc(Cl)c(C(F)(F)F)c1)CC2. The highest BCUT2D eigenvalue weighted by atomic mass is 35.5. The van der Waals surface area contributed by atoms with Crippen molar-refractivity contribution in [1.29, 1.82) is 0 Å². The average molecular weight is 497 g/mol. The summed E-state index contributed by atoms with van der Waals surface area (Å²) < 4.78 is 41.2. The minimum atomic E-state index is -4.66. The molecular weight excluding hydrogens is 480 g/mol. The predicted molar refractivity (Wildman–Crippen MR) is 119 cm³/mol. The van der Waals surface area contributed by atoms with Crippen molar-refractivity contribution in [3.63, 3.8) is 0 Å². The van der Waals surface area contributed by atoms with Crippen LogP contribution in [-0.2, 0) is 19.3 Å². The maximum Gasteiger partial charge on any atom is 0.417 e. The number of carbonyl (C=O) groups excluding carboxylic acids is 2. The van der Waals surface area contributed by atoms with E-state index in [4.69, 9.17) is 28.9 Å². The molecule has 0 atom stereocenters. The normalized spacial score (nSPS) is 13.5. The molecule has 0 aliphatic carbocycles. The third-order valence-electron chi connectivity index (χ3n) is 5.35. The first-order chi connectivity index (χ1) is 15.6. The van der Waals surface area contributed by atoms with E-state index < -0.39 is 28.7 Å². The lowest BCUT2D eigenvalue weighted by Crippen LogP contribution is -2.41. The van der Waals surface area contributed by atoms with Crippen molar-refractivity contribution in [3.05, 3.63) is 75.4 Å². The lowest BCUT2D eigenvalue weighted by Gasteiger charge is -2.30. The van der Waals surface area contributed by atoms with Crippen LogP contribution in [0.15, 0.2) is 48.5 Å². The summed E-state index contributed by atoms with van der Waals surface area (Å²) in [4.78, 5) is 26.3. The molecule has 1 aromatic heterocycles. The highest BCUT2D eigenvalue weighted by molar-refractivity contribution is 6.36. The smallest absolute Gasteiger partial charge is 0.365 e. The number of anilines is 1. The number of nitrogens with zero attached hydrogens (tertiary/aromatic N) is 2. The fraction of sp³-hybridized carbons (Fsp3) is 0.182. The second-order valence-electron chi connectivity index (χ2n) is 7.41. The van der Waals surface area contributed by atoms with Crippen molar-refractivity contribution in [2.24, 2.45) is 5.73 Å². The van der Waals surface area contributed by atoms with Gasteiger partial charge in [0.15, 0.2) is 0 Å². The van der Waals surface area contributed by atoms with Crippen LogP contribution >= 0.6 is 23.2 Å². The van der Waals surface area contributed by atoms with Gasteiger partial charge in [-0.25, -0.2) is 4.79 Å². The number of hydrogen-bond acceptors (Lipinski definition) is 2. The van der Waals surface area contributed by atoms with Crippen LogP contribution in [-0.4, -0.2) is 28.0 Å². The second kappa shape index (κ2) is 8.64. The van der Waals surface area contributed by atoms with Crippen molar-refractivity contribution < 1.29 is 22.8 Å². The number of fused-ring (bicyclic) bond motifs is 1. The van der Waals surface area contributed by atoms with E-state index in [1.54, 1.807) is 0 Å². The van der Waals surface area contributed by atoms with Crippen LogP contribution in [0.4, 0.5) is 23.7 Å². The average Bonchev–Trinajstić information content (AvgIpc) is 3.06. The van der Waals surface area contributed by atoms with Crippen LogP contribution in [0.3, 0.4) is 0 Å². The van der Waals surface area contributed by atoms with E-state index in [1.165, 1.54) is 11.0 Å². The topological polar surface area (TPSA) is 80.4 Å². The molecule has 0 spiro atoms. The number of benzene rings is 2. The molecule has 1 aliphatic heterocycles. The molecule has 3 N–H and O–H groups in total. The van der Waals surface area contributed by atoms with E-state index >= 15 is 0 Å². The van der Waals surface area contributed by atoms with Crippen LogP contribution in [0.5, 0.6) is 0 Å². The predicted octanol–water partition coefficient (Wildman–Crippen LogP) is 5.63.